The second kappa shape index (κ2) is 7.24. The number of amides is 1. The van der Waals surface area contributed by atoms with Gasteiger partial charge in [0, 0.05) is 29.4 Å². The van der Waals surface area contributed by atoms with Crippen LogP contribution in [0.5, 0.6) is 0 Å². The molecule has 0 fully saturated rings. The summed E-state index contributed by atoms with van der Waals surface area (Å²) in [6.45, 7) is 9.09. The number of carbonyl (C=O) groups excluding carboxylic acids is 1. The molecule has 2 aromatic heterocycles. The summed E-state index contributed by atoms with van der Waals surface area (Å²) in [7, 11) is 1.89. The zero-order valence-corrected chi connectivity index (χ0v) is 17.9. The Hall–Kier alpha value is -2.34. The van der Waals surface area contributed by atoms with Gasteiger partial charge in [-0.1, -0.05) is 32.9 Å². The summed E-state index contributed by atoms with van der Waals surface area (Å²) in [6.07, 6.45) is 0.961. The van der Waals surface area contributed by atoms with Crippen LogP contribution in [0.25, 0.3) is 11.0 Å². The van der Waals surface area contributed by atoms with Crippen LogP contribution >= 0.6 is 11.8 Å². The third-order valence-corrected chi connectivity index (χ3v) is 6.54. The Morgan fingerprint density at radius 1 is 1.29 bits per heavy atom. The SMILES string of the molecule is Cc1nn(C)c2nc(C(C)C)cc(C(=O)N3CC[C@@H](C)Sc4ccccc43)c12. The molecule has 0 unspecified atom stereocenters. The summed E-state index contributed by atoms with van der Waals surface area (Å²) < 4.78 is 1.78. The van der Waals surface area contributed by atoms with Crippen LogP contribution in [0.3, 0.4) is 0 Å². The lowest BCUT2D eigenvalue weighted by Gasteiger charge is -2.23. The van der Waals surface area contributed by atoms with Crippen molar-refractivity contribution in [1.29, 1.82) is 0 Å². The van der Waals surface area contributed by atoms with Gasteiger partial charge in [0.15, 0.2) is 5.65 Å². The zero-order chi connectivity index (χ0) is 20.0. The fourth-order valence-corrected chi connectivity index (χ4v) is 4.88. The van der Waals surface area contributed by atoms with Crippen molar-refractivity contribution >= 4 is 34.4 Å². The topological polar surface area (TPSA) is 51.0 Å². The summed E-state index contributed by atoms with van der Waals surface area (Å²) in [5.74, 6) is 0.269. The van der Waals surface area contributed by atoms with Gasteiger partial charge in [-0.3, -0.25) is 9.48 Å². The lowest BCUT2D eigenvalue weighted by atomic mass is 10.0. The van der Waals surface area contributed by atoms with Gasteiger partial charge in [0.05, 0.1) is 22.3 Å². The maximum Gasteiger partial charge on any atom is 0.259 e. The van der Waals surface area contributed by atoms with E-state index in [1.165, 1.54) is 0 Å². The van der Waals surface area contributed by atoms with E-state index in [0.717, 1.165) is 39.4 Å². The number of para-hydroxylation sites is 1. The van der Waals surface area contributed by atoms with Gasteiger partial charge in [0.1, 0.15) is 0 Å². The van der Waals surface area contributed by atoms with Crippen molar-refractivity contribution in [3.05, 3.63) is 47.3 Å². The smallest absolute Gasteiger partial charge is 0.259 e. The highest BCUT2D eigenvalue weighted by molar-refractivity contribution is 8.00. The molecule has 0 N–H and O–H groups in total. The monoisotopic (exact) mass is 394 g/mol. The van der Waals surface area contributed by atoms with E-state index < -0.39 is 0 Å². The van der Waals surface area contributed by atoms with Gasteiger partial charge in [-0.15, -0.1) is 11.8 Å². The number of fused-ring (bicyclic) bond motifs is 2. The van der Waals surface area contributed by atoms with Crippen LogP contribution in [0.4, 0.5) is 5.69 Å². The molecule has 0 spiro atoms. The van der Waals surface area contributed by atoms with Gasteiger partial charge >= 0.3 is 0 Å². The fourth-order valence-electron chi connectivity index (χ4n) is 3.77. The van der Waals surface area contributed by atoms with Gasteiger partial charge in [0.25, 0.3) is 5.91 Å². The average molecular weight is 395 g/mol. The zero-order valence-electron chi connectivity index (χ0n) is 17.1. The van der Waals surface area contributed by atoms with Crippen LogP contribution in [0.15, 0.2) is 35.2 Å². The Bertz CT molecular complexity index is 1060. The minimum absolute atomic E-state index is 0.0348. The number of aromatic nitrogens is 3. The first-order valence-electron chi connectivity index (χ1n) is 9.78. The predicted molar refractivity (Wildman–Crippen MR) is 115 cm³/mol. The van der Waals surface area contributed by atoms with E-state index in [1.54, 1.807) is 4.68 Å². The summed E-state index contributed by atoms with van der Waals surface area (Å²) in [5, 5.41) is 5.87. The van der Waals surface area contributed by atoms with Crippen LogP contribution in [0.2, 0.25) is 0 Å². The Labute approximate surface area is 170 Å². The quantitative estimate of drug-likeness (QED) is 0.618. The minimum atomic E-state index is 0.0348. The second-order valence-corrected chi connectivity index (χ2v) is 9.28. The lowest BCUT2D eigenvalue weighted by Crippen LogP contribution is -2.32. The molecule has 4 rings (SSSR count). The molecule has 0 bridgehead atoms. The van der Waals surface area contributed by atoms with Crippen molar-refractivity contribution in [2.24, 2.45) is 7.05 Å². The number of carbonyl (C=O) groups is 1. The number of benzene rings is 1. The van der Waals surface area contributed by atoms with E-state index >= 15 is 0 Å². The molecule has 3 heterocycles. The predicted octanol–water partition coefficient (Wildman–Crippen LogP) is 4.93. The first-order valence-corrected chi connectivity index (χ1v) is 10.7. The normalized spacial score (nSPS) is 17.1. The maximum absolute atomic E-state index is 13.8. The van der Waals surface area contributed by atoms with Gasteiger partial charge in [-0.05, 0) is 37.5 Å². The lowest BCUT2D eigenvalue weighted by molar-refractivity contribution is 0.0988. The highest BCUT2D eigenvalue weighted by atomic mass is 32.2. The number of anilines is 1. The van der Waals surface area contributed by atoms with Crippen molar-refractivity contribution < 1.29 is 4.79 Å². The minimum Gasteiger partial charge on any atom is -0.307 e. The molecule has 0 saturated carbocycles. The number of nitrogens with zero attached hydrogens (tertiary/aromatic N) is 4. The molecule has 1 atom stereocenters. The molecule has 146 valence electrons. The first-order chi connectivity index (χ1) is 13.4. The average Bonchev–Trinajstić information content (AvgIpc) is 2.85. The van der Waals surface area contributed by atoms with Crippen molar-refractivity contribution in [3.8, 4) is 0 Å². The van der Waals surface area contributed by atoms with Crippen LogP contribution < -0.4 is 4.90 Å². The Morgan fingerprint density at radius 2 is 2.04 bits per heavy atom. The van der Waals surface area contributed by atoms with E-state index in [9.17, 15) is 4.79 Å². The molecule has 5 nitrogen and oxygen atoms in total. The van der Waals surface area contributed by atoms with E-state index in [0.29, 0.717) is 17.4 Å². The molecular weight excluding hydrogens is 368 g/mol. The van der Waals surface area contributed by atoms with Gasteiger partial charge in [0.2, 0.25) is 0 Å². The maximum atomic E-state index is 13.8. The number of pyridine rings is 1. The molecule has 28 heavy (non-hydrogen) atoms. The van der Waals surface area contributed by atoms with E-state index in [4.69, 9.17) is 4.98 Å². The fraction of sp³-hybridized carbons (Fsp3) is 0.409. The Balaban J connectivity index is 1.90. The van der Waals surface area contributed by atoms with Gasteiger partial charge in [-0.2, -0.15) is 5.10 Å². The van der Waals surface area contributed by atoms with Gasteiger partial charge < -0.3 is 4.90 Å². The second-order valence-electron chi connectivity index (χ2n) is 7.80. The summed E-state index contributed by atoms with van der Waals surface area (Å²) >= 11 is 1.85. The van der Waals surface area contributed by atoms with Crippen LogP contribution in [-0.4, -0.2) is 32.5 Å². The molecule has 0 aliphatic carbocycles. The summed E-state index contributed by atoms with van der Waals surface area (Å²) in [4.78, 5) is 21.7. The Kier molecular flexibility index (Phi) is 4.91. The standard InChI is InChI=1S/C22H26N4OS/c1-13(2)17-12-16(20-15(4)24-25(5)21(20)23-17)22(27)26-11-10-14(3)28-19-9-7-6-8-18(19)26/h6-9,12-14H,10-11H2,1-5H3/t14-/m1/s1. The summed E-state index contributed by atoms with van der Waals surface area (Å²) in [5.41, 5.74) is 4.24. The Morgan fingerprint density at radius 3 is 2.79 bits per heavy atom. The van der Waals surface area contributed by atoms with Crippen molar-refractivity contribution in [2.75, 3.05) is 11.4 Å². The number of aryl methyl sites for hydroxylation is 2. The van der Waals surface area contributed by atoms with E-state index in [1.807, 2.05) is 48.8 Å². The van der Waals surface area contributed by atoms with Crippen molar-refractivity contribution in [3.63, 3.8) is 0 Å². The number of rotatable bonds is 2. The number of hydrogen-bond donors (Lipinski definition) is 0. The molecule has 1 amide bonds. The molecule has 0 radical (unpaired) electrons. The van der Waals surface area contributed by atoms with E-state index in [2.05, 4.69) is 38.0 Å². The molecule has 0 saturated heterocycles. The third-order valence-electron chi connectivity index (χ3n) is 5.30. The molecular formula is C22H26N4OS. The molecule has 3 aromatic rings. The highest BCUT2D eigenvalue weighted by Gasteiger charge is 2.28. The molecule has 6 heteroatoms. The number of thioether (sulfide) groups is 1. The third kappa shape index (κ3) is 3.20. The summed E-state index contributed by atoms with van der Waals surface area (Å²) in [6, 6.07) is 10.2. The van der Waals surface area contributed by atoms with Crippen LogP contribution in [0, 0.1) is 6.92 Å². The van der Waals surface area contributed by atoms with Crippen LogP contribution in [0.1, 0.15) is 54.9 Å². The largest absolute Gasteiger partial charge is 0.307 e. The van der Waals surface area contributed by atoms with Gasteiger partial charge in [-0.25, -0.2) is 4.98 Å². The van der Waals surface area contributed by atoms with Crippen LogP contribution in [-0.2, 0) is 7.05 Å². The number of hydrogen-bond acceptors (Lipinski definition) is 4. The molecule has 1 aromatic carbocycles. The van der Waals surface area contributed by atoms with Crippen molar-refractivity contribution in [1.82, 2.24) is 14.8 Å². The molecule has 1 aliphatic rings. The highest BCUT2D eigenvalue weighted by Crippen LogP contribution is 2.38. The molecule has 1 aliphatic heterocycles. The first kappa shape index (κ1) is 19.0. The van der Waals surface area contributed by atoms with Crippen molar-refractivity contribution in [2.45, 2.75) is 50.2 Å². The van der Waals surface area contributed by atoms with E-state index in [-0.39, 0.29) is 11.8 Å².